The minimum Gasteiger partial charge on any atom is -0.343 e. The minimum absolute atomic E-state index is 0.00986. The van der Waals surface area contributed by atoms with E-state index >= 15 is 0 Å². The van der Waals surface area contributed by atoms with E-state index < -0.39 is 0 Å². The number of rotatable bonds is 9. The molecule has 0 aliphatic carbocycles. The van der Waals surface area contributed by atoms with Crippen LogP contribution in [0.4, 0.5) is 0 Å². The zero-order valence-corrected chi connectivity index (χ0v) is 15.2. The van der Waals surface area contributed by atoms with Crippen molar-refractivity contribution in [2.24, 2.45) is 5.92 Å². The van der Waals surface area contributed by atoms with Crippen LogP contribution in [0, 0.1) is 5.92 Å². The van der Waals surface area contributed by atoms with Crippen LogP contribution in [-0.4, -0.2) is 32.2 Å². The van der Waals surface area contributed by atoms with E-state index in [2.05, 4.69) is 46.0 Å². The molecule has 5 atom stereocenters. The number of thioether (sulfide) groups is 2. The Labute approximate surface area is 136 Å². The quantitative estimate of drug-likeness (QED) is 0.372. The summed E-state index contributed by atoms with van der Waals surface area (Å²) in [6, 6.07) is 0. The summed E-state index contributed by atoms with van der Waals surface area (Å²) in [5.74, 6) is 3.09. The lowest BCUT2D eigenvalue weighted by Crippen LogP contribution is -2.07. The SMILES string of the molecule is CC(CCCCSC1(C)OC1S)CSC1(C)OC1S. The van der Waals surface area contributed by atoms with Gasteiger partial charge >= 0.3 is 0 Å². The van der Waals surface area contributed by atoms with Gasteiger partial charge in [0.2, 0.25) is 0 Å². The molecule has 6 heteroatoms. The standard InChI is InChI=1S/C13H24O2S4/c1-9(8-19-13(3)11(17)15-13)6-4-5-7-18-12(2)10(16)14-12/h9-11,16-17H,4-8H2,1-3H3. The van der Waals surface area contributed by atoms with Gasteiger partial charge in [0.05, 0.1) is 0 Å². The molecule has 0 aromatic rings. The van der Waals surface area contributed by atoms with Crippen molar-refractivity contribution in [2.45, 2.75) is 60.8 Å². The molecule has 0 N–H and O–H groups in total. The summed E-state index contributed by atoms with van der Waals surface area (Å²) >= 11 is 12.5. The predicted octanol–water partition coefficient (Wildman–Crippen LogP) is 4.26. The smallest absolute Gasteiger partial charge is 0.147 e. The first-order chi connectivity index (χ1) is 8.86. The van der Waals surface area contributed by atoms with Crippen molar-refractivity contribution in [3.63, 3.8) is 0 Å². The van der Waals surface area contributed by atoms with Crippen LogP contribution >= 0.6 is 48.8 Å². The molecule has 0 radical (unpaired) electrons. The second-order valence-electron chi connectivity index (χ2n) is 5.73. The summed E-state index contributed by atoms with van der Waals surface area (Å²) in [5.41, 5.74) is 0.274. The summed E-state index contributed by atoms with van der Waals surface area (Å²) in [7, 11) is 0. The van der Waals surface area contributed by atoms with Gasteiger partial charge in [-0.15, -0.1) is 48.8 Å². The first-order valence-electron chi connectivity index (χ1n) is 6.85. The number of hydrogen-bond acceptors (Lipinski definition) is 6. The first kappa shape index (κ1) is 16.7. The van der Waals surface area contributed by atoms with Crippen LogP contribution in [0.3, 0.4) is 0 Å². The first-order valence-corrected chi connectivity index (χ1v) is 9.86. The highest BCUT2D eigenvalue weighted by atomic mass is 32.2. The molecule has 0 aromatic carbocycles. The van der Waals surface area contributed by atoms with Gasteiger partial charge in [-0.25, -0.2) is 0 Å². The van der Waals surface area contributed by atoms with Crippen molar-refractivity contribution in [3.05, 3.63) is 0 Å². The molecular formula is C13H24O2S4. The van der Waals surface area contributed by atoms with E-state index in [0.29, 0.717) is 0 Å². The van der Waals surface area contributed by atoms with Crippen LogP contribution in [0.25, 0.3) is 0 Å². The van der Waals surface area contributed by atoms with Crippen molar-refractivity contribution in [3.8, 4) is 0 Å². The Bertz CT molecular complexity index is 317. The van der Waals surface area contributed by atoms with Gasteiger partial charge in [-0.2, -0.15) is 0 Å². The fraction of sp³-hybridized carbons (Fsp3) is 1.00. The summed E-state index contributed by atoms with van der Waals surface area (Å²) in [4.78, 5) is -0.0310. The van der Waals surface area contributed by atoms with E-state index in [1.54, 1.807) is 0 Å². The Hall–Kier alpha value is 1.32. The van der Waals surface area contributed by atoms with E-state index in [0.717, 1.165) is 5.92 Å². The Kier molecular flexibility index (Phi) is 5.81. The van der Waals surface area contributed by atoms with Gasteiger partial charge in [-0.1, -0.05) is 13.3 Å². The molecule has 2 heterocycles. The number of epoxide rings is 2. The monoisotopic (exact) mass is 340 g/mol. The number of thiol groups is 2. The van der Waals surface area contributed by atoms with Crippen molar-refractivity contribution in [2.75, 3.05) is 11.5 Å². The number of hydrogen-bond donors (Lipinski definition) is 2. The van der Waals surface area contributed by atoms with Gasteiger partial charge in [0.25, 0.3) is 0 Å². The van der Waals surface area contributed by atoms with Crippen LogP contribution in [-0.2, 0) is 9.47 Å². The maximum Gasteiger partial charge on any atom is 0.147 e. The van der Waals surface area contributed by atoms with Crippen LogP contribution in [0.1, 0.15) is 40.0 Å². The highest BCUT2D eigenvalue weighted by Crippen LogP contribution is 2.49. The second-order valence-corrected chi connectivity index (χ2v) is 9.61. The Morgan fingerprint density at radius 1 is 1.05 bits per heavy atom. The van der Waals surface area contributed by atoms with Gasteiger partial charge in [0, 0.05) is 0 Å². The lowest BCUT2D eigenvalue weighted by atomic mass is 10.1. The average molecular weight is 341 g/mol. The average Bonchev–Trinajstić information content (AvgIpc) is 3.14. The van der Waals surface area contributed by atoms with E-state index in [9.17, 15) is 0 Å². The molecule has 0 amide bonds. The van der Waals surface area contributed by atoms with E-state index in [1.165, 1.54) is 30.8 Å². The summed E-state index contributed by atoms with van der Waals surface area (Å²) in [6.45, 7) is 6.58. The molecule has 112 valence electrons. The molecule has 0 aromatic heterocycles. The minimum atomic E-state index is -0.0211. The van der Waals surface area contributed by atoms with E-state index in [4.69, 9.17) is 9.47 Å². The zero-order chi connectivity index (χ0) is 14.1. The van der Waals surface area contributed by atoms with Gasteiger partial charge in [0.15, 0.2) is 0 Å². The lowest BCUT2D eigenvalue weighted by molar-refractivity contribution is 0.393. The number of unbranched alkanes of at least 4 members (excludes halogenated alkanes) is 1. The van der Waals surface area contributed by atoms with Gasteiger partial charge in [0.1, 0.15) is 20.7 Å². The molecule has 2 fully saturated rings. The third-order valence-electron chi connectivity index (χ3n) is 3.61. The van der Waals surface area contributed by atoms with Crippen LogP contribution in [0.5, 0.6) is 0 Å². The molecule has 0 bridgehead atoms. The van der Waals surface area contributed by atoms with Crippen molar-refractivity contribution in [1.29, 1.82) is 0 Å². The Morgan fingerprint density at radius 3 is 2.11 bits per heavy atom. The summed E-state index contributed by atoms with van der Waals surface area (Å²) in [6.07, 6.45) is 3.86. The highest BCUT2D eigenvalue weighted by molar-refractivity contribution is 8.02. The van der Waals surface area contributed by atoms with Crippen LogP contribution < -0.4 is 0 Å². The Morgan fingerprint density at radius 2 is 1.58 bits per heavy atom. The molecule has 2 nitrogen and oxygen atoms in total. The van der Waals surface area contributed by atoms with Crippen molar-refractivity contribution < 1.29 is 9.47 Å². The molecule has 0 spiro atoms. The van der Waals surface area contributed by atoms with Gasteiger partial charge < -0.3 is 9.47 Å². The maximum atomic E-state index is 5.45. The molecular weight excluding hydrogens is 316 g/mol. The fourth-order valence-corrected chi connectivity index (χ4v) is 5.02. The number of ether oxygens (including phenoxy) is 2. The summed E-state index contributed by atoms with van der Waals surface area (Å²) < 4.78 is 10.9. The molecule has 2 rings (SSSR count). The largest absolute Gasteiger partial charge is 0.343 e. The summed E-state index contributed by atoms with van der Waals surface area (Å²) in [5, 5.41) is 0. The molecule has 19 heavy (non-hydrogen) atoms. The van der Waals surface area contributed by atoms with Crippen LogP contribution in [0.2, 0.25) is 0 Å². The predicted molar refractivity (Wildman–Crippen MR) is 92.5 cm³/mol. The lowest BCUT2D eigenvalue weighted by Gasteiger charge is -2.13. The maximum absolute atomic E-state index is 5.45. The molecule has 0 saturated carbocycles. The molecule has 5 unspecified atom stereocenters. The third kappa shape index (κ3) is 4.92. The zero-order valence-electron chi connectivity index (χ0n) is 11.8. The highest BCUT2D eigenvalue weighted by Gasteiger charge is 2.51. The molecule has 2 saturated heterocycles. The topological polar surface area (TPSA) is 25.1 Å². The fourth-order valence-electron chi connectivity index (χ4n) is 1.85. The van der Waals surface area contributed by atoms with Crippen molar-refractivity contribution in [1.82, 2.24) is 0 Å². The third-order valence-corrected chi connectivity index (χ3v) is 8.15. The van der Waals surface area contributed by atoms with Crippen molar-refractivity contribution >= 4 is 48.8 Å². The van der Waals surface area contributed by atoms with Gasteiger partial charge in [-0.3, -0.25) is 0 Å². The normalized spacial score (nSPS) is 42.2. The van der Waals surface area contributed by atoms with E-state index in [1.807, 2.05) is 23.5 Å². The van der Waals surface area contributed by atoms with E-state index in [-0.39, 0.29) is 20.7 Å². The molecule has 2 aliphatic heterocycles. The Balaban J connectivity index is 1.44. The van der Waals surface area contributed by atoms with Crippen LogP contribution in [0.15, 0.2) is 0 Å². The molecule has 2 aliphatic rings. The van der Waals surface area contributed by atoms with Gasteiger partial charge in [-0.05, 0) is 44.1 Å². The second kappa shape index (κ2) is 6.61.